The fraction of sp³-hybridized carbons (Fsp3) is 0.133. The minimum atomic E-state index is -1.35. The molecule has 1 unspecified atom stereocenters. The quantitative estimate of drug-likeness (QED) is 0.793. The lowest BCUT2D eigenvalue weighted by Gasteiger charge is -2.03. The first kappa shape index (κ1) is 14.5. The van der Waals surface area contributed by atoms with E-state index >= 15 is 0 Å². The molecule has 0 bridgehead atoms. The molecule has 20 heavy (non-hydrogen) atoms. The Morgan fingerprint density at radius 3 is 1.95 bits per heavy atom. The van der Waals surface area contributed by atoms with Crippen LogP contribution in [-0.4, -0.2) is 15.7 Å². The number of hydrogen-bond acceptors (Lipinski definition) is 2. The molecule has 104 valence electrons. The van der Waals surface area contributed by atoms with Crippen molar-refractivity contribution < 1.29 is 17.8 Å². The highest BCUT2D eigenvalue weighted by atomic mass is 32.2. The minimum absolute atomic E-state index is 0.0929. The van der Waals surface area contributed by atoms with Gasteiger partial charge in [0.2, 0.25) is 0 Å². The maximum Gasteiger partial charge on any atom is 0.163 e. The third-order valence-electron chi connectivity index (χ3n) is 2.76. The molecule has 0 aromatic heterocycles. The Bertz CT molecular complexity index is 564. The van der Waals surface area contributed by atoms with E-state index in [4.69, 9.17) is 0 Å². The fourth-order valence-corrected chi connectivity index (χ4v) is 2.72. The van der Waals surface area contributed by atoms with Crippen molar-refractivity contribution in [1.82, 2.24) is 0 Å². The first-order chi connectivity index (χ1) is 9.56. The molecule has 0 aliphatic rings. The van der Waals surface area contributed by atoms with Crippen molar-refractivity contribution in [1.29, 1.82) is 0 Å². The van der Waals surface area contributed by atoms with Gasteiger partial charge in [-0.05, 0) is 48.5 Å². The van der Waals surface area contributed by atoms with Crippen molar-refractivity contribution in [3.05, 3.63) is 65.7 Å². The van der Waals surface area contributed by atoms with Gasteiger partial charge in [0.1, 0.15) is 11.6 Å². The molecule has 1 atom stereocenters. The van der Waals surface area contributed by atoms with Crippen molar-refractivity contribution >= 4 is 16.6 Å². The van der Waals surface area contributed by atoms with Crippen LogP contribution < -0.4 is 0 Å². The largest absolute Gasteiger partial charge is 0.294 e. The summed E-state index contributed by atoms with van der Waals surface area (Å²) in [6.45, 7) is 0. The van der Waals surface area contributed by atoms with E-state index < -0.39 is 22.4 Å². The topological polar surface area (TPSA) is 34.1 Å². The predicted octanol–water partition coefficient (Wildman–Crippen LogP) is 3.35. The summed E-state index contributed by atoms with van der Waals surface area (Å²) in [6.07, 6.45) is 0.0929. The first-order valence-electron chi connectivity index (χ1n) is 5.99. The molecule has 5 heteroatoms. The second kappa shape index (κ2) is 6.52. The van der Waals surface area contributed by atoms with E-state index in [1.54, 1.807) is 0 Å². The van der Waals surface area contributed by atoms with Gasteiger partial charge in [-0.2, -0.15) is 0 Å². The number of ketones is 1. The summed E-state index contributed by atoms with van der Waals surface area (Å²) < 4.78 is 37.4. The van der Waals surface area contributed by atoms with Gasteiger partial charge < -0.3 is 0 Å². The number of rotatable bonds is 5. The highest BCUT2D eigenvalue weighted by Gasteiger charge is 2.10. The molecule has 0 heterocycles. The first-order valence-corrected chi connectivity index (χ1v) is 7.31. The van der Waals surface area contributed by atoms with Crippen LogP contribution in [0.25, 0.3) is 0 Å². The van der Waals surface area contributed by atoms with E-state index in [0.29, 0.717) is 10.5 Å². The minimum Gasteiger partial charge on any atom is -0.294 e. The van der Waals surface area contributed by atoms with Gasteiger partial charge in [0.25, 0.3) is 0 Å². The maximum absolute atomic E-state index is 12.7. The van der Waals surface area contributed by atoms with Crippen LogP contribution in [0.1, 0.15) is 16.8 Å². The number of benzene rings is 2. The Hall–Kier alpha value is -1.88. The maximum atomic E-state index is 12.7. The van der Waals surface area contributed by atoms with Gasteiger partial charge in [-0.3, -0.25) is 9.00 Å². The van der Waals surface area contributed by atoms with Crippen LogP contribution in [0.2, 0.25) is 0 Å². The highest BCUT2D eigenvalue weighted by Crippen LogP contribution is 2.11. The molecule has 0 saturated carbocycles. The molecule has 2 aromatic rings. The summed E-state index contributed by atoms with van der Waals surface area (Å²) in [5, 5.41) is 0. The van der Waals surface area contributed by atoms with Crippen molar-refractivity contribution in [3.63, 3.8) is 0 Å². The molecule has 0 amide bonds. The lowest BCUT2D eigenvalue weighted by Crippen LogP contribution is -2.06. The van der Waals surface area contributed by atoms with Crippen LogP contribution in [-0.2, 0) is 10.8 Å². The zero-order valence-corrected chi connectivity index (χ0v) is 11.3. The van der Waals surface area contributed by atoms with Crippen LogP contribution in [0.15, 0.2) is 53.4 Å². The van der Waals surface area contributed by atoms with Gasteiger partial charge in [0, 0.05) is 22.6 Å². The van der Waals surface area contributed by atoms with Gasteiger partial charge >= 0.3 is 0 Å². The summed E-state index contributed by atoms with van der Waals surface area (Å²) in [4.78, 5) is 12.3. The number of carbonyl (C=O) groups is 1. The Balaban J connectivity index is 1.94. The average molecular weight is 294 g/mol. The van der Waals surface area contributed by atoms with Crippen molar-refractivity contribution in [3.8, 4) is 0 Å². The van der Waals surface area contributed by atoms with Crippen molar-refractivity contribution in [2.75, 3.05) is 5.75 Å². The molecule has 0 saturated heterocycles. The zero-order valence-electron chi connectivity index (χ0n) is 10.5. The molecule has 2 nitrogen and oxygen atoms in total. The predicted molar refractivity (Wildman–Crippen MR) is 73.0 cm³/mol. The van der Waals surface area contributed by atoms with Crippen LogP contribution in [0.3, 0.4) is 0 Å². The lowest BCUT2D eigenvalue weighted by atomic mass is 10.1. The number of halogens is 2. The number of hydrogen-bond donors (Lipinski definition) is 0. The summed E-state index contributed by atoms with van der Waals surface area (Å²) in [5.41, 5.74) is 0.391. The Morgan fingerprint density at radius 2 is 1.40 bits per heavy atom. The zero-order chi connectivity index (χ0) is 14.5. The third kappa shape index (κ3) is 3.81. The fourth-order valence-electron chi connectivity index (χ4n) is 1.67. The summed E-state index contributed by atoms with van der Waals surface area (Å²) in [5.74, 6) is -0.841. The van der Waals surface area contributed by atoms with E-state index in [9.17, 15) is 17.8 Å². The van der Waals surface area contributed by atoms with Gasteiger partial charge in [0.05, 0.1) is 10.8 Å². The SMILES string of the molecule is O=C(CCS(=O)c1ccc(F)cc1)c1ccc(F)cc1. The van der Waals surface area contributed by atoms with E-state index in [1.807, 2.05) is 0 Å². The average Bonchev–Trinajstić information content (AvgIpc) is 2.46. The molecule has 0 aliphatic heterocycles. The van der Waals surface area contributed by atoms with Gasteiger partial charge in [0.15, 0.2) is 5.78 Å². The normalized spacial score (nSPS) is 12.1. The standard InChI is InChI=1S/C15H12F2O2S/c16-12-3-1-11(2-4-12)15(18)9-10-20(19)14-7-5-13(17)6-8-14/h1-8H,9-10H2. The molecule has 0 radical (unpaired) electrons. The molecule has 0 fully saturated rings. The van der Waals surface area contributed by atoms with E-state index in [0.717, 1.165) is 0 Å². The Kier molecular flexibility index (Phi) is 4.74. The van der Waals surface area contributed by atoms with Gasteiger partial charge in [-0.1, -0.05) is 0 Å². The van der Waals surface area contributed by atoms with Crippen LogP contribution >= 0.6 is 0 Å². The summed E-state index contributed by atoms with van der Waals surface area (Å²) in [7, 11) is -1.35. The van der Waals surface area contributed by atoms with Gasteiger partial charge in [-0.25, -0.2) is 8.78 Å². The van der Waals surface area contributed by atoms with E-state index in [2.05, 4.69) is 0 Å². The van der Waals surface area contributed by atoms with Crippen LogP contribution in [0.4, 0.5) is 8.78 Å². The second-order valence-electron chi connectivity index (χ2n) is 4.18. The molecule has 0 spiro atoms. The van der Waals surface area contributed by atoms with Crippen molar-refractivity contribution in [2.45, 2.75) is 11.3 Å². The highest BCUT2D eigenvalue weighted by molar-refractivity contribution is 7.85. The molecule has 2 rings (SSSR count). The summed E-state index contributed by atoms with van der Waals surface area (Å²) in [6, 6.07) is 10.6. The van der Waals surface area contributed by atoms with Crippen molar-refractivity contribution in [2.24, 2.45) is 0 Å². The molecule has 0 N–H and O–H groups in total. The number of carbonyl (C=O) groups excluding carboxylic acids is 1. The Morgan fingerprint density at radius 1 is 0.900 bits per heavy atom. The molecule has 0 aliphatic carbocycles. The molecule has 2 aromatic carbocycles. The number of Topliss-reactive ketones (excluding diaryl/α,β-unsaturated/α-hetero) is 1. The summed E-state index contributed by atoms with van der Waals surface area (Å²) >= 11 is 0. The second-order valence-corrected chi connectivity index (χ2v) is 5.75. The van der Waals surface area contributed by atoms with E-state index in [-0.39, 0.29) is 18.0 Å². The Labute approximate surface area is 117 Å². The third-order valence-corrected chi connectivity index (χ3v) is 4.13. The monoisotopic (exact) mass is 294 g/mol. The molecular weight excluding hydrogens is 282 g/mol. The van der Waals surface area contributed by atoms with Crippen LogP contribution in [0.5, 0.6) is 0 Å². The smallest absolute Gasteiger partial charge is 0.163 e. The van der Waals surface area contributed by atoms with Crippen LogP contribution in [0, 0.1) is 11.6 Å². The van der Waals surface area contributed by atoms with Gasteiger partial charge in [-0.15, -0.1) is 0 Å². The molecular formula is C15H12F2O2S. The van der Waals surface area contributed by atoms with E-state index in [1.165, 1.54) is 48.5 Å². The lowest BCUT2D eigenvalue weighted by molar-refractivity contribution is 0.0989.